The molecule has 0 spiro atoms. The third-order valence-electron chi connectivity index (χ3n) is 7.59. The zero-order valence-electron chi connectivity index (χ0n) is 22.0. The first-order valence-corrected chi connectivity index (χ1v) is 13.6. The van der Waals surface area contributed by atoms with Crippen LogP contribution in [0.4, 0.5) is 0 Å². The van der Waals surface area contributed by atoms with Gasteiger partial charge in [-0.15, -0.1) is 0 Å². The maximum atomic E-state index is 5.08. The number of aromatic nitrogens is 5. The van der Waals surface area contributed by atoms with Crippen LogP contribution in [0.25, 0.3) is 72.4 Å². The Balaban J connectivity index is 1.45. The van der Waals surface area contributed by atoms with Crippen LogP contribution in [0.3, 0.4) is 0 Å². The number of imidazole rings is 1. The number of rotatable bonds is 4. The van der Waals surface area contributed by atoms with Gasteiger partial charge in [0.15, 0.2) is 0 Å². The summed E-state index contributed by atoms with van der Waals surface area (Å²) in [7, 11) is 0. The number of pyridine rings is 4. The zero-order chi connectivity index (χ0) is 27.2. The molecule has 41 heavy (non-hydrogen) atoms. The first-order valence-electron chi connectivity index (χ1n) is 13.6. The van der Waals surface area contributed by atoms with Crippen molar-refractivity contribution < 1.29 is 0 Å². The topological polar surface area (TPSA) is 56.0 Å². The lowest BCUT2D eigenvalue weighted by Crippen LogP contribution is -1.96. The largest absolute Gasteiger partial charge is 0.299 e. The minimum atomic E-state index is 0.845. The number of hydrogen-bond acceptors (Lipinski definition) is 4. The summed E-state index contributed by atoms with van der Waals surface area (Å²) in [4.78, 5) is 19.1. The fraction of sp³-hybridized carbons (Fsp3) is 0. The molecular formula is C36H23N5. The van der Waals surface area contributed by atoms with E-state index in [-0.39, 0.29) is 0 Å². The van der Waals surface area contributed by atoms with Gasteiger partial charge in [0, 0.05) is 35.9 Å². The van der Waals surface area contributed by atoms with Gasteiger partial charge in [-0.2, -0.15) is 0 Å². The van der Waals surface area contributed by atoms with E-state index in [0.29, 0.717) is 0 Å². The van der Waals surface area contributed by atoms with Crippen molar-refractivity contribution in [1.82, 2.24) is 24.3 Å². The molecule has 8 rings (SSSR count). The van der Waals surface area contributed by atoms with Gasteiger partial charge in [0.1, 0.15) is 11.3 Å². The molecule has 0 unspecified atom stereocenters. The Kier molecular flexibility index (Phi) is 5.38. The van der Waals surface area contributed by atoms with Crippen molar-refractivity contribution in [2.75, 3.05) is 0 Å². The summed E-state index contributed by atoms with van der Waals surface area (Å²) in [6.07, 6.45) is 7.67. The normalized spacial score (nSPS) is 11.4. The SMILES string of the molecule is c1ccc(-c2ccc(-c3c4ccccc4c(-c4c(-c5ccccn5)nc5ccccn45)c4ccccc34)cn2)nc1. The molecule has 192 valence electrons. The Morgan fingerprint density at radius 1 is 0.463 bits per heavy atom. The summed E-state index contributed by atoms with van der Waals surface area (Å²) >= 11 is 0. The molecule has 5 nitrogen and oxygen atoms in total. The van der Waals surface area contributed by atoms with E-state index in [1.165, 1.54) is 0 Å². The first-order chi connectivity index (χ1) is 20.4. The Hall–Kier alpha value is -5.68. The molecule has 0 aliphatic rings. The van der Waals surface area contributed by atoms with Gasteiger partial charge in [-0.05, 0) is 69.6 Å². The smallest absolute Gasteiger partial charge is 0.138 e. The number of hydrogen-bond donors (Lipinski definition) is 0. The van der Waals surface area contributed by atoms with Crippen LogP contribution >= 0.6 is 0 Å². The van der Waals surface area contributed by atoms with Crippen LogP contribution in [0.1, 0.15) is 0 Å². The molecule has 0 saturated heterocycles. The summed E-state index contributed by atoms with van der Waals surface area (Å²) in [5.74, 6) is 0. The lowest BCUT2D eigenvalue weighted by Gasteiger charge is -2.18. The summed E-state index contributed by atoms with van der Waals surface area (Å²) in [6, 6.07) is 39.4. The third kappa shape index (κ3) is 3.79. The van der Waals surface area contributed by atoms with E-state index in [1.54, 1.807) is 6.20 Å². The van der Waals surface area contributed by atoms with Crippen LogP contribution in [0.15, 0.2) is 140 Å². The molecule has 0 aliphatic carbocycles. The molecule has 8 aromatic rings. The second kappa shape index (κ2) is 9.50. The first kappa shape index (κ1) is 23.2. The molecular weight excluding hydrogens is 502 g/mol. The van der Waals surface area contributed by atoms with E-state index < -0.39 is 0 Å². The van der Waals surface area contributed by atoms with Gasteiger partial charge in [-0.1, -0.05) is 72.8 Å². The highest BCUT2D eigenvalue weighted by atomic mass is 15.0. The molecule has 0 N–H and O–H groups in total. The minimum absolute atomic E-state index is 0.845. The highest BCUT2D eigenvalue weighted by Gasteiger charge is 2.23. The van der Waals surface area contributed by atoms with Crippen molar-refractivity contribution >= 4 is 27.2 Å². The Labute approximate surface area is 236 Å². The highest BCUT2D eigenvalue weighted by molar-refractivity contribution is 6.22. The van der Waals surface area contributed by atoms with Gasteiger partial charge in [-0.25, -0.2) is 4.98 Å². The van der Waals surface area contributed by atoms with Crippen LogP contribution in [0.2, 0.25) is 0 Å². The summed E-state index contributed by atoms with van der Waals surface area (Å²) in [5, 5.41) is 4.62. The fourth-order valence-corrected chi connectivity index (χ4v) is 5.82. The minimum Gasteiger partial charge on any atom is -0.299 e. The Bertz CT molecular complexity index is 2130. The van der Waals surface area contributed by atoms with E-state index in [1.807, 2.05) is 67.0 Å². The molecule has 5 heterocycles. The maximum Gasteiger partial charge on any atom is 0.138 e. The van der Waals surface area contributed by atoms with Crippen LogP contribution in [0, 0.1) is 0 Å². The standard InChI is InChI=1S/C36H23N5/c1-3-13-27-25(11-1)33(24-18-19-30(39-23-24)29-15-5-8-20-37-29)26-12-2-4-14-28(26)34(27)36-35(31-16-6-9-21-38-31)40-32-17-7-10-22-41(32)36/h1-23H. The van der Waals surface area contributed by atoms with Gasteiger partial charge < -0.3 is 0 Å². The summed E-state index contributed by atoms with van der Waals surface area (Å²) in [5.41, 5.74) is 8.69. The third-order valence-corrected chi connectivity index (χ3v) is 7.59. The van der Waals surface area contributed by atoms with Crippen molar-refractivity contribution in [3.8, 4) is 45.2 Å². The van der Waals surface area contributed by atoms with Crippen LogP contribution in [0.5, 0.6) is 0 Å². The molecule has 5 heteroatoms. The van der Waals surface area contributed by atoms with Crippen molar-refractivity contribution in [1.29, 1.82) is 0 Å². The lowest BCUT2D eigenvalue weighted by atomic mass is 9.87. The fourth-order valence-electron chi connectivity index (χ4n) is 5.82. The predicted molar refractivity (Wildman–Crippen MR) is 165 cm³/mol. The molecule has 3 aromatic carbocycles. The van der Waals surface area contributed by atoms with Gasteiger partial charge in [0.2, 0.25) is 0 Å². The monoisotopic (exact) mass is 525 g/mol. The van der Waals surface area contributed by atoms with E-state index >= 15 is 0 Å². The van der Waals surface area contributed by atoms with Crippen molar-refractivity contribution in [2.45, 2.75) is 0 Å². The Morgan fingerprint density at radius 2 is 1.05 bits per heavy atom. The molecule has 0 amide bonds. The molecule has 5 aromatic heterocycles. The molecule has 0 fully saturated rings. The van der Waals surface area contributed by atoms with Crippen molar-refractivity contribution in [3.05, 3.63) is 140 Å². The van der Waals surface area contributed by atoms with Crippen LogP contribution < -0.4 is 0 Å². The van der Waals surface area contributed by atoms with Gasteiger partial charge in [0.25, 0.3) is 0 Å². The molecule has 0 bridgehead atoms. The van der Waals surface area contributed by atoms with Gasteiger partial charge in [-0.3, -0.25) is 19.4 Å². The molecule has 0 radical (unpaired) electrons. The molecule has 0 saturated carbocycles. The number of nitrogens with zero attached hydrogens (tertiary/aromatic N) is 5. The second-order valence-corrected chi connectivity index (χ2v) is 9.94. The van der Waals surface area contributed by atoms with Gasteiger partial charge >= 0.3 is 0 Å². The van der Waals surface area contributed by atoms with Crippen molar-refractivity contribution in [2.24, 2.45) is 0 Å². The maximum absolute atomic E-state index is 5.08. The second-order valence-electron chi connectivity index (χ2n) is 9.94. The predicted octanol–water partition coefficient (Wildman–Crippen LogP) is 8.49. The summed E-state index contributed by atoms with van der Waals surface area (Å²) in [6.45, 7) is 0. The average molecular weight is 526 g/mol. The van der Waals surface area contributed by atoms with E-state index in [0.717, 1.165) is 72.4 Å². The summed E-state index contributed by atoms with van der Waals surface area (Å²) < 4.78 is 2.18. The van der Waals surface area contributed by atoms with Crippen LogP contribution in [-0.2, 0) is 0 Å². The van der Waals surface area contributed by atoms with Gasteiger partial charge in [0.05, 0.1) is 22.8 Å². The van der Waals surface area contributed by atoms with E-state index in [4.69, 9.17) is 15.0 Å². The van der Waals surface area contributed by atoms with E-state index in [9.17, 15) is 0 Å². The molecule has 0 atom stereocenters. The zero-order valence-corrected chi connectivity index (χ0v) is 22.0. The average Bonchev–Trinajstić information content (AvgIpc) is 3.44. The number of fused-ring (bicyclic) bond motifs is 3. The number of benzene rings is 3. The Morgan fingerprint density at radius 3 is 1.66 bits per heavy atom. The van der Waals surface area contributed by atoms with E-state index in [2.05, 4.69) is 76.2 Å². The quantitative estimate of drug-likeness (QED) is 0.216. The van der Waals surface area contributed by atoms with Crippen molar-refractivity contribution in [3.63, 3.8) is 0 Å². The lowest BCUT2D eigenvalue weighted by molar-refractivity contribution is 1.19. The van der Waals surface area contributed by atoms with Crippen LogP contribution in [-0.4, -0.2) is 24.3 Å². The highest BCUT2D eigenvalue weighted by Crippen LogP contribution is 2.45. The molecule has 0 aliphatic heterocycles.